The van der Waals surface area contributed by atoms with Gasteiger partial charge in [-0.05, 0) is 37.1 Å². The summed E-state index contributed by atoms with van der Waals surface area (Å²) >= 11 is 1.21. The molecule has 0 fully saturated rings. The molecule has 140 valence electrons. The number of guanidine groups is 1. The molecule has 1 heterocycles. The molecule has 0 aliphatic rings. The largest absolute Gasteiger partial charge is 0.355 e. The molecule has 9 heteroatoms. The summed E-state index contributed by atoms with van der Waals surface area (Å²) < 4.78 is 26.8. The van der Waals surface area contributed by atoms with Gasteiger partial charge in [-0.3, -0.25) is 4.99 Å². The fourth-order valence-corrected chi connectivity index (χ4v) is 4.01. The second-order valence-electron chi connectivity index (χ2n) is 5.85. The Hall–Kier alpha value is -0.390. The molecule has 0 saturated carbocycles. The maximum Gasteiger partial charge on any atom is 0.250 e. The molecule has 0 spiro atoms. The molecule has 1 atom stereocenters. The summed E-state index contributed by atoms with van der Waals surface area (Å²) in [5.74, 6) is 1.37. The Balaban J connectivity index is 0.00000529. The van der Waals surface area contributed by atoms with Gasteiger partial charge in [0.25, 0.3) is 0 Å². The zero-order chi connectivity index (χ0) is 17.3. The number of rotatable bonds is 9. The number of aliphatic imine (C=N–C) groups is 1. The van der Waals surface area contributed by atoms with Gasteiger partial charge in [-0.1, -0.05) is 19.9 Å². The van der Waals surface area contributed by atoms with Gasteiger partial charge in [-0.15, -0.1) is 35.3 Å². The summed E-state index contributed by atoms with van der Waals surface area (Å²) in [5, 5.41) is 8.18. The predicted molar refractivity (Wildman–Crippen MR) is 113 cm³/mol. The molecule has 1 aromatic rings. The van der Waals surface area contributed by atoms with Crippen LogP contribution in [0.25, 0.3) is 0 Å². The molecule has 1 aromatic heterocycles. The van der Waals surface area contributed by atoms with E-state index in [9.17, 15) is 8.42 Å². The van der Waals surface area contributed by atoms with Crippen LogP contribution in [0.5, 0.6) is 0 Å². The van der Waals surface area contributed by atoms with Gasteiger partial charge < -0.3 is 10.6 Å². The van der Waals surface area contributed by atoms with Crippen LogP contribution in [0.2, 0.25) is 0 Å². The Morgan fingerprint density at radius 1 is 1.25 bits per heavy atom. The average molecular weight is 488 g/mol. The van der Waals surface area contributed by atoms with Crippen molar-refractivity contribution in [2.24, 2.45) is 10.9 Å². The molecular formula is C15H29IN4O2S2. The van der Waals surface area contributed by atoms with E-state index in [-0.39, 0.29) is 24.0 Å². The maximum atomic E-state index is 12.0. The number of sulfonamides is 1. The first-order valence-corrected chi connectivity index (χ1v) is 10.2. The third kappa shape index (κ3) is 9.19. The number of hydrogen-bond donors (Lipinski definition) is 3. The van der Waals surface area contributed by atoms with E-state index in [0.717, 1.165) is 12.8 Å². The SMILES string of the molecule is CN=C(NCCNS(=O)(=O)c1cccs1)NC(C)CCC(C)C.I. The molecule has 0 radical (unpaired) electrons. The van der Waals surface area contributed by atoms with Crippen molar-refractivity contribution in [3.63, 3.8) is 0 Å². The Labute approximate surface area is 167 Å². The van der Waals surface area contributed by atoms with Gasteiger partial charge >= 0.3 is 0 Å². The molecule has 0 aromatic carbocycles. The van der Waals surface area contributed by atoms with Gasteiger partial charge in [-0.2, -0.15) is 0 Å². The minimum absolute atomic E-state index is 0. The van der Waals surface area contributed by atoms with E-state index in [1.54, 1.807) is 24.6 Å². The normalized spacial score (nSPS) is 13.5. The van der Waals surface area contributed by atoms with Gasteiger partial charge in [0, 0.05) is 26.2 Å². The topological polar surface area (TPSA) is 82.6 Å². The van der Waals surface area contributed by atoms with Crippen LogP contribution in [0.15, 0.2) is 26.7 Å². The zero-order valence-electron chi connectivity index (χ0n) is 14.7. The lowest BCUT2D eigenvalue weighted by atomic mass is 10.0. The van der Waals surface area contributed by atoms with E-state index in [1.165, 1.54) is 11.3 Å². The number of nitrogens with one attached hydrogen (secondary N) is 3. The predicted octanol–water partition coefficient (Wildman–Crippen LogP) is 2.63. The molecule has 0 aliphatic carbocycles. The third-order valence-corrected chi connectivity index (χ3v) is 6.11. The van der Waals surface area contributed by atoms with Crippen molar-refractivity contribution in [2.75, 3.05) is 20.1 Å². The first kappa shape index (κ1) is 23.6. The standard InChI is InChI=1S/C15H28N4O2S2.HI/c1-12(2)7-8-13(3)19-15(16-4)17-9-10-18-23(20,21)14-6-5-11-22-14;/h5-6,11-13,18H,7-10H2,1-4H3,(H2,16,17,19);1H. The van der Waals surface area contributed by atoms with E-state index < -0.39 is 10.0 Å². The molecule has 0 amide bonds. The Morgan fingerprint density at radius 3 is 2.50 bits per heavy atom. The van der Waals surface area contributed by atoms with Gasteiger partial charge in [0.2, 0.25) is 10.0 Å². The van der Waals surface area contributed by atoms with Crippen LogP contribution in [0.3, 0.4) is 0 Å². The van der Waals surface area contributed by atoms with Gasteiger partial charge in [0.1, 0.15) is 4.21 Å². The second-order valence-corrected chi connectivity index (χ2v) is 8.79. The number of thiophene rings is 1. The first-order valence-electron chi connectivity index (χ1n) is 7.85. The lowest BCUT2D eigenvalue weighted by Crippen LogP contribution is -2.44. The molecular weight excluding hydrogens is 459 g/mol. The quantitative estimate of drug-likeness (QED) is 0.216. The number of halogens is 1. The monoisotopic (exact) mass is 488 g/mol. The highest BCUT2D eigenvalue weighted by atomic mass is 127. The molecule has 0 saturated heterocycles. The Morgan fingerprint density at radius 2 is 1.96 bits per heavy atom. The van der Waals surface area contributed by atoms with E-state index in [0.29, 0.717) is 35.2 Å². The summed E-state index contributed by atoms with van der Waals surface area (Å²) in [6.07, 6.45) is 2.23. The maximum absolute atomic E-state index is 12.0. The molecule has 0 bridgehead atoms. The Kier molecular flexibility index (Phi) is 11.8. The van der Waals surface area contributed by atoms with Gasteiger partial charge in [-0.25, -0.2) is 13.1 Å². The first-order chi connectivity index (χ1) is 10.8. The highest BCUT2D eigenvalue weighted by Crippen LogP contribution is 2.14. The van der Waals surface area contributed by atoms with Crippen LogP contribution >= 0.6 is 35.3 Å². The number of nitrogens with zero attached hydrogens (tertiary/aromatic N) is 1. The van der Waals surface area contributed by atoms with Crippen LogP contribution in [0.1, 0.15) is 33.6 Å². The van der Waals surface area contributed by atoms with Crippen LogP contribution < -0.4 is 15.4 Å². The minimum Gasteiger partial charge on any atom is -0.355 e. The lowest BCUT2D eigenvalue weighted by Gasteiger charge is -2.18. The van der Waals surface area contributed by atoms with Crippen molar-refractivity contribution in [3.8, 4) is 0 Å². The molecule has 24 heavy (non-hydrogen) atoms. The summed E-state index contributed by atoms with van der Waals surface area (Å²) in [7, 11) is -1.69. The van der Waals surface area contributed by atoms with E-state index in [4.69, 9.17) is 0 Å². The van der Waals surface area contributed by atoms with Crippen molar-refractivity contribution in [3.05, 3.63) is 17.5 Å². The highest BCUT2D eigenvalue weighted by Gasteiger charge is 2.14. The highest BCUT2D eigenvalue weighted by molar-refractivity contribution is 14.0. The number of hydrogen-bond acceptors (Lipinski definition) is 4. The average Bonchev–Trinajstić information content (AvgIpc) is 3.03. The fourth-order valence-electron chi connectivity index (χ4n) is 1.94. The second kappa shape index (κ2) is 12.0. The molecule has 6 nitrogen and oxygen atoms in total. The molecule has 3 N–H and O–H groups in total. The van der Waals surface area contributed by atoms with Crippen LogP contribution in [-0.2, 0) is 10.0 Å². The van der Waals surface area contributed by atoms with Crippen molar-refractivity contribution >= 4 is 51.3 Å². The third-order valence-electron chi connectivity index (χ3n) is 3.25. The zero-order valence-corrected chi connectivity index (χ0v) is 18.7. The van der Waals surface area contributed by atoms with Crippen LogP contribution in [-0.4, -0.2) is 40.6 Å². The van der Waals surface area contributed by atoms with E-state index in [2.05, 4.69) is 41.1 Å². The van der Waals surface area contributed by atoms with Crippen molar-refractivity contribution in [2.45, 2.75) is 43.9 Å². The summed E-state index contributed by atoms with van der Waals surface area (Å²) in [6, 6.07) is 3.64. The smallest absolute Gasteiger partial charge is 0.250 e. The van der Waals surface area contributed by atoms with E-state index in [1.807, 2.05) is 0 Å². The molecule has 1 unspecified atom stereocenters. The minimum atomic E-state index is -3.39. The van der Waals surface area contributed by atoms with E-state index >= 15 is 0 Å². The lowest BCUT2D eigenvalue weighted by molar-refractivity contribution is 0.489. The van der Waals surface area contributed by atoms with Crippen molar-refractivity contribution in [1.29, 1.82) is 0 Å². The summed E-state index contributed by atoms with van der Waals surface area (Å²) in [5.41, 5.74) is 0. The summed E-state index contributed by atoms with van der Waals surface area (Å²) in [6.45, 7) is 7.32. The summed E-state index contributed by atoms with van der Waals surface area (Å²) in [4.78, 5) is 4.16. The van der Waals surface area contributed by atoms with Crippen molar-refractivity contribution < 1.29 is 8.42 Å². The van der Waals surface area contributed by atoms with Gasteiger partial charge in [0.05, 0.1) is 0 Å². The van der Waals surface area contributed by atoms with Crippen molar-refractivity contribution in [1.82, 2.24) is 15.4 Å². The molecule has 1 rings (SSSR count). The fraction of sp³-hybridized carbons (Fsp3) is 0.667. The molecule has 0 aliphatic heterocycles. The van der Waals surface area contributed by atoms with Crippen LogP contribution in [0, 0.1) is 5.92 Å². The van der Waals surface area contributed by atoms with Gasteiger partial charge in [0.15, 0.2) is 5.96 Å². The Bertz CT molecular complexity index is 574. The van der Waals surface area contributed by atoms with Crippen LogP contribution in [0.4, 0.5) is 0 Å².